The average molecular weight is 322 g/mol. The molecule has 0 aliphatic heterocycles. The summed E-state index contributed by atoms with van der Waals surface area (Å²) in [5, 5.41) is 3.62. The fourth-order valence-corrected chi connectivity index (χ4v) is 2.43. The van der Waals surface area contributed by atoms with Crippen LogP contribution in [0.2, 0.25) is 0 Å². The first kappa shape index (κ1) is 14.4. The molecule has 0 aliphatic carbocycles. The Bertz CT molecular complexity index is 464. The third kappa shape index (κ3) is 4.84. The molecule has 2 aromatic rings. The van der Waals surface area contributed by atoms with Gasteiger partial charge in [0.15, 0.2) is 0 Å². The summed E-state index contributed by atoms with van der Waals surface area (Å²) in [6.45, 7) is 3.25. The van der Waals surface area contributed by atoms with Gasteiger partial charge in [-0.1, -0.05) is 35.0 Å². The van der Waals surface area contributed by atoms with Crippen molar-refractivity contribution < 1.29 is 4.42 Å². The van der Waals surface area contributed by atoms with Gasteiger partial charge in [0.05, 0.1) is 12.5 Å². The van der Waals surface area contributed by atoms with Crippen molar-refractivity contribution >= 4 is 15.9 Å². The SMILES string of the molecule is CCCNC(Cc1ccc(Br)cc1)Cc1ccoc1. The number of hydrogen-bond donors (Lipinski definition) is 1. The van der Waals surface area contributed by atoms with Crippen LogP contribution in [0.1, 0.15) is 24.5 Å². The van der Waals surface area contributed by atoms with Crippen molar-refractivity contribution in [3.63, 3.8) is 0 Å². The Hall–Kier alpha value is -1.06. The molecule has 1 heterocycles. The summed E-state index contributed by atoms with van der Waals surface area (Å²) in [5.41, 5.74) is 2.62. The first-order valence-electron chi connectivity index (χ1n) is 6.77. The Morgan fingerprint density at radius 3 is 2.47 bits per heavy atom. The molecule has 1 N–H and O–H groups in total. The van der Waals surface area contributed by atoms with Gasteiger partial charge in [-0.05, 0) is 55.1 Å². The largest absolute Gasteiger partial charge is 0.472 e. The zero-order valence-corrected chi connectivity index (χ0v) is 12.8. The third-order valence-electron chi connectivity index (χ3n) is 3.14. The fourth-order valence-electron chi connectivity index (χ4n) is 2.16. The van der Waals surface area contributed by atoms with Gasteiger partial charge >= 0.3 is 0 Å². The Kier molecular flexibility index (Phi) is 5.67. The molecule has 0 spiro atoms. The second-order valence-electron chi connectivity index (χ2n) is 4.82. The molecule has 1 atom stereocenters. The highest BCUT2D eigenvalue weighted by molar-refractivity contribution is 9.10. The first-order valence-corrected chi connectivity index (χ1v) is 7.56. The summed E-state index contributed by atoms with van der Waals surface area (Å²) < 4.78 is 6.28. The van der Waals surface area contributed by atoms with E-state index in [-0.39, 0.29) is 0 Å². The molecule has 0 saturated carbocycles. The minimum atomic E-state index is 0.457. The van der Waals surface area contributed by atoms with Crippen LogP contribution in [0.15, 0.2) is 51.7 Å². The predicted molar refractivity (Wildman–Crippen MR) is 82.3 cm³/mol. The highest BCUT2D eigenvalue weighted by Crippen LogP contribution is 2.14. The predicted octanol–water partition coefficient (Wildman–Crippen LogP) is 4.20. The first-order chi connectivity index (χ1) is 9.28. The summed E-state index contributed by atoms with van der Waals surface area (Å²) in [6.07, 6.45) is 6.78. The molecule has 0 bridgehead atoms. The standard InChI is InChI=1S/C16H20BrNO/c1-2-8-18-16(11-14-7-9-19-12-14)10-13-3-5-15(17)6-4-13/h3-7,9,12,16,18H,2,8,10-11H2,1H3. The maximum atomic E-state index is 5.15. The van der Waals surface area contributed by atoms with Gasteiger partial charge in [0.2, 0.25) is 0 Å². The van der Waals surface area contributed by atoms with Crippen molar-refractivity contribution in [3.05, 3.63) is 58.5 Å². The Morgan fingerprint density at radius 2 is 1.84 bits per heavy atom. The Morgan fingerprint density at radius 1 is 1.11 bits per heavy atom. The lowest BCUT2D eigenvalue weighted by Gasteiger charge is -2.18. The smallest absolute Gasteiger partial charge is 0.0935 e. The monoisotopic (exact) mass is 321 g/mol. The molecule has 0 amide bonds. The van der Waals surface area contributed by atoms with E-state index in [1.54, 1.807) is 6.26 Å². The molecule has 0 radical (unpaired) electrons. The Balaban J connectivity index is 1.98. The van der Waals surface area contributed by atoms with E-state index in [1.165, 1.54) is 11.1 Å². The lowest BCUT2D eigenvalue weighted by molar-refractivity contribution is 0.499. The molecule has 102 valence electrons. The van der Waals surface area contributed by atoms with Crippen LogP contribution in [0.3, 0.4) is 0 Å². The van der Waals surface area contributed by atoms with E-state index in [9.17, 15) is 0 Å². The van der Waals surface area contributed by atoms with E-state index < -0.39 is 0 Å². The van der Waals surface area contributed by atoms with Crippen LogP contribution in [0.5, 0.6) is 0 Å². The molecule has 1 aromatic carbocycles. The minimum absolute atomic E-state index is 0.457. The number of halogens is 1. The zero-order chi connectivity index (χ0) is 13.5. The number of benzene rings is 1. The molecule has 19 heavy (non-hydrogen) atoms. The van der Waals surface area contributed by atoms with E-state index in [2.05, 4.69) is 52.4 Å². The maximum absolute atomic E-state index is 5.15. The highest BCUT2D eigenvalue weighted by Gasteiger charge is 2.10. The second kappa shape index (κ2) is 7.51. The molecule has 1 unspecified atom stereocenters. The van der Waals surface area contributed by atoms with Crippen LogP contribution in [0.25, 0.3) is 0 Å². The minimum Gasteiger partial charge on any atom is -0.472 e. The van der Waals surface area contributed by atoms with Gasteiger partial charge in [-0.3, -0.25) is 0 Å². The normalized spacial score (nSPS) is 12.5. The number of hydrogen-bond acceptors (Lipinski definition) is 2. The zero-order valence-electron chi connectivity index (χ0n) is 11.2. The van der Waals surface area contributed by atoms with Crippen LogP contribution < -0.4 is 5.32 Å². The fraction of sp³-hybridized carbons (Fsp3) is 0.375. The summed E-state index contributed by atoms with van der Waals surface area (Å²) in [5.74, 6) is 0. The van der Waals surface area contributed by atoms with Gasteiger partial charge in [-0.2, -0.15) is 0 Å². The quantitative estimate of drug-likeness (QED) is 0.827. The Labute approximate surface area is 123 Å². The van der Waals surface area contributed by atoms with E-state index in [1.807, 2.05) is 12.3 Å². The molecule has 0 fully saturated rings. The summed E-state index contributed by atoms with van der Waals surface area (Å²) in [6, 6.07) is 11.1. The summed E-state index contributed by atoms with van der Waals surface area (Å²) in [7, 11) is 0. The van der Waals surface area contributed by atoms with E-state index in [0.717, 1.165) is 30.3 Å². The van der Waals surface area contributed by atoms with E-state index in [0.29, 0.717) is 6.04 Å². The third-order valence-corrected chi connectivity index (χ3v) is 3.67. The molecular weight excluding hydrogens is 302 g/mol. The molecule has 1 aromatic heterocycles. The van der Waals surface area contributed by atoms with Gasteiger partial charge in [0.1, 0.15) is 0 Å². The van der Waals surface area contributed by atoms with Crippen LogP contribution >= 0.6 is 15.9 Å². The van der Waals surface area contributed by atoms with Crippen molar-refractivity contribution in [2.45, 2.75) is 32.2 Å². The van der Waals surface area contributed by atoms with Crippen LogP contribution in [0.4, 0.5) is 0 Å². The van der Waals surface area contributed by atoms with Crippen LogP contribution in [0, 0.1) is 0 Å². The molecule has 0 aliphatic rings. The summed E-state index contributed by atoms with van der Waals surface area (Å²) >= 11 is 3.47. The lowest BCUT2D eigenvalue weighted by atomic mass is 10.0. The number of rotatable bonds is 7. The van der Waals surface area contributed by atoms with Crippen LogP contribution in [-0.4, -0.2) is 12.6 Å². The maximum Gasteiger partial charge on any atom is 0.0935 e. The van der Waals surface area contributed by atoms with Crippen molar-refractivity contribution in [1.82, 2.24) is 5.32 Å². The van der Waals surface area contributed by atoms with E-state index >= 15 is 0 Å². The van der Waals surface area contributed by atoms with E-state index in [4.69, 9.17) is 4.42 Å². The molecule has 2 rings (SSSR count). The highest BCUT2D eigenvalue weighted by atomic mass is 79.9. The molecule has 0 saturated heterocycles. The van der Waals surface area contributed by atoms with Gasteiger partial charge in [0, 0.05) is 10.5 Å². The van der Waals surface area contributed by atoms with Gasteiger partial charge in [-0.25, -0.2) is 0 Å². The van der Waals surface area contributed by atoms with Crippen molar-refractivity contribution in [3.8, 4) is 0 Å². The van der Waals surface area contributed by atoms with Crippen LogP contribution in [-0.2, 0) is 12.8 Å². The molecule has 2 nitrogen and oxygen atoms in total. The number of nitrogens with one attached hydrogen (secondary N) is 1. The van der Waals surface area contributed by atoms with Gasteiger partial charge < -0.3 is 9.73 Å². The van der Waals surface area contributed by atoms with Gasteiger partial charge in [0.25, 0.3) is 0 Å². The second-order valence-corrected chi connectivity index (χ2v) is 5.73. The van der Waals surface area contributed by atoms with Crippen molar-refractivity contribution in [1.29, 1.82) is 0 Å². The number of furan rings is 1. The van der Waals surface area contributed by atoms with Gasteiger partial charge in [-0.15, -0.1) is 0 Å². The lowest BCUT2D eigenvalue weighted by Crippen LogP contribution is -2.33. The molecular formula is C16H20BrNO. The van der Waals surface area contributed by atoms with Crippen molar-refractivity contribution in [2.75, 3.05) is 6.54 Å². The summed E-state index contributed by atoms with van der Waals surface area (Å²) in [4.78, 5) is 0. The average Bonchev–Trinajstić information content (AvgIpc) is 2.91. The topological polar surface area (TPSA) is 25.2 Å². The van der Waals surface area contributed by atoms with Crippen molar-refractivity contribution in [2.24, 2.45) is 0 Å². The molecule has 3 heteroatoms.